The second-order valence-electron chi connectivity index (χ2n) is 0.231. The summed E-state index contributed by atoms with van der Waals surface area (Å²) in [4.78, 5) is 0. The topological polar surface area (TPSA) is 57.5 Å². The van der Waals surface area contributed by atoms with Crippen LogP contribution in [-0.2, 0) is 30.8 Å². The zero-order chi connectivity index (χ0) is 3.58. The smallest absolute Gasteiger partial charge is 0.299 e. The van der Waals surface area contributed by atoms with E-state index in [9.17, 15) is 0 Å². The summed E-state index contributed by atoms with van der Waals surface area (Å²) in [7, 11) is 0. The van der Waals surface area contributed by atoms with Gasteiger partial charge in [0.2, 0.25) is 0 Å². The fourth-order valence-corrected chi connectivity index (χ4v) is 0. The Kier molecular flexibility index (Phi) is 24.4. The molecule has 0 aromatic carbocycles. The molecule has 5 heteroatoms. The first-order valence-corrected chi connectivity index (χ1v) is 1.60. The van der Waals surface area contributed by atoms with Crippen LogP contribution in [0.2, 0.25) is 0 Å². The van der Waals surface area contributed by atoms with Crippen LogP contribution in [0.3, 0.4) is 0 Å². The number of hydrogen-bond donors (Lipinski definition) is 2. The quantitative estimate of drug-likeness (QED) is 0.302. The maximum absolute atomic E-state index is 8.67. The Morgan fingerprint density at radius 3 is 1.33 bits per heavy atom. The van der Waals surface area contributed by atoms with Crippen molar-refractivity contribution in [2.75, 3.05) is 0 Å². The van der Waals surface area contributed by atoms with Crippen LogP contribution in [0.25, 0.3) is 0 Å². The van der Waals surface area contributed by atoms with E-state index in [0.717, 1.165) is 0 Å². The van der Waals surface area contributed by atoms with Crippen LogP contribution in [0, 0.1) is 7.43 Å². The van der Waals surface area contributed by atoms with Gasteiger partial charge in [-0.25, -0.2) is 0 Å². The van der Waals surface area contributed by atoms with Crippen LogP contribution < -0.4 is 0 Å². The van der Waals surface area contributed by atoms with E-state index in [4.69, 9.17) is 13.3 Å². The minimum atomic E-state index is -2.61. The van der Waals surface area contributed by atoms with Gasteiger partial charge in [-0.2, -0.15) is 4.21 Å². The molecule has 36 valence electrons. The molecule has 0 saturated carbocycles. The summed E-state index contributed by atoms with van der Waals surface area (Å²) >= 11 is -2.61. The third-order valence-electron chi connectivity index (χ3n) is 0. The molecule has 0 aliphatic heterocycles. The van der Waals surface area contributed by atoms with E-state index in [1.165, 1.54) is 0 Å². The fourth-order valence-electron chi connectivity index (χ4n) is 0. The van der Waals surface area contributed by atoms with Gasteiger partial charge in [-0.05, 0) is 0 Å². The van der Waals surface area contributed by atoms with Crippen molar-refractivity contribution in [3.8, 4) is 0 Å². The summed E-state index contributed by atoms with van der Waals surface area (Å²) in [5.41, 5.74) is 0. The van der Waals surface area contributed by atoms with Crippen molar-refractivity contribution in [3.05, 3.63) is 7.43 Å². The van der Waals surface area contributed by atoms with Gasteiger partial charge in [0.05, 0.1) is 0 Å². The van der Waals surface area contributed by atoms with Gasteiger partial charge in [-0.3, -0.25) is 9.11 Å². The summed E-state index contributed by atoms with van der Waals surface area (Å²) in [6, 6.07) is 0. The van der Waals surface area contributed by atoms with E-state index in [0.29, 0.717) is 0 Å². The van der Waals surface area contributed by atoms with Crippen LogP contribution >= 0.6 is 0 Å². The van der Waals surface area contributed by atoms with Crippen LogP contribution in [0.4, 0.5) is 0 Å². The summed E-state index contributed by atoms with van der Waals surface area (Å²) in [6.45, 7) is 0. The third-order valence-corrected chi connectivity index (χ3v) is 0. The SMILES string of the molecule is O=S(O)O.[CH3-].[Zn]. The monoisotopic (exact) mass is 161 g/mol. The first kappa shape index (κ1) is 15.9. The van der Waals surface area contributed by atoms with Gasteiger partial charge in [-0.15, -0.1) is 0 Å². The summed E-state index contributed by atoms with van der Waals surface area (Å²) in [5.74, 6) is 0. The van der Waals surface area contributed by atoms with Gasteiger partial charge in [-0.1, -0.05) is 0 Å². The van der Waals surface area contributed by atoms with E-state index in [-0.39, 0.29) is 26.9 Å². The molecular formula is CH5O3SZn-. The molecule has 0 unspecified atom stereocenters. The Labute approximate surface area is 52.0 Å². The number of rotatable bonds is 0. The molecule has 0 rings (SSSR count). The Morgan fingerprint density at radius 1 is 1.33 bits per heavy atom. The maximum atomic E-state index is 8.67. The standard InChI is InChI=1S/CH3.H2O3S.Zn/c;1-4(2)3;/h1H3;(H2,1,2,3);/q-1;;. The molecule has 0 fully saturated rings. The van der Waals surface area contributed by atoms with E-state index in [1.807, 2.05) is 0 Å². The van der Waals surface area contributed by atoms with Crippen molar-refractivity contribution >= 4 is 11.4 Å². The van der Waals surface area contributed by atoms with Crippen molar-refractivity contribution in [1.29, 1.82) is 0 Å². The minimum absolute atomic E-state index is 0. The van der Waals surface area contributed by atoms with Gasteiger partial charge >= 0.3 is 0 Å². The summed E-state index contributed by atoms with van der Waals surface area (Å²) in [6.07, 6.45) is 0. The summed E-state index contributed by atoms with van der Waals surface area (Å²) < 4.78 is 22.8. The summed E-state index contributed by atoms with van der Waals surface area (Å²) in [5, 5.41) is 0. The largest absolute Gasteiger partial charge is 0.358 e. The second kappa shape index (κ2) is 9.19. The molecule has 0 atom stereocenters. The molecule has 0 heterocycles. The molecule has 3 nitrogen and oxygen atoms in total. The Hall–Kier alpha value is 0.693. The molecular weight excluding hydrogens is 157 g/mol. The van der Waals surface area contributed by atoms with E-state index in [2.05, 4.69) is 0 Å². The zero-order valence-corrected chi connectivity index (χ0v) is 7.20. The first-order chi connectivity index (χ1) is 1.73. The van der Waals surface area contributed by atoms with Gasteiger partial charge in [0.25, 0.3) is 11.4 Å². The molecule has 6 heavy (non-hydrogen) atoms. The molecule has 0 aliphatic carbocycles. The van der Waals surface area contributed by atoms with Crippen molar-refractivity contribution in [2.45, 2.75) is 0 Å². The van der Waals surface area contributed by atoms with E-state index < -0.39 is 11.4 Å². The first-order valence-electron chi connectivity index (χ1n) is 0.532. The van der Waals surface area contributed by atoms with Crippen LogP contribution in [-0.4, -0.2) is 13.3 Å². The van der Waals surface area contributed by atoms with E-state index >= 15 is 0 Å². The molecule has 0 aromatic rings. The van der Waals surface area contributed by atoms with Gasteiger partial charge in [0, 0.05) is 19.5 Å². The Morgan fingerprint density at radius 2 is 1.33 bits per heavy atom. The molecule has 0 bridgehead atoms. The number of hydrogen-bond acceptors (Lipinski definition) is 1. The van der Waals surface area contributed by atoms with Crippen LogP contribution in [0.1, 0.15) is 0 Å². The van der Waals surface area contributed by atoms with Crippen molar-refractivity contribution in [1.82, 2.24) is 0 Å². The molecule has 0 aromatic heterocycles. The van der Waals surface area contributed by atoms with Crippen LogP contribution in [0.15, 0.2) is 0 Å². The minimum Gasteiger partial charge on any atom is -0.358 e. The molecule has 2 N–H and O–H groups in total. The van der Waals surface area contributed by atoms with Crippen molar-refractivity contribution < 1.29 is 32.8 Å². The Bertz CT molecular complexity index is 33.8. The normalized spacial score (nSPS) is 5.83. The average molecular weight is 163 g/mol. The van der Waals surface area contributed by atoms with Crippen molar-refractivity contribution in [2.24, 2.45) is 0 Å². The molecule has 0 aliphatic rings. The molecule has 0 amide bonds. The predicted octanol–water partition coefficient (Wildman–Crippen LogP) is 0.129. The molecule has 0 spiro atoms. The fraction of sp³-hybridized carbons (Fsp3) is 0. The Balaban J connectivity index is -0.0000000450. The van der Waals surface area contributed by atoms with Crippen molar-refractivity contribution in [3.63, 3.8) is 0 Å². The van der Waals surface area contributed by atoms with Gasteiger partial charge in [0.15, 0.2) is 0 Å². The maximum Gasteiger partial charge on any atom is 0.299 e. The molecule has 0 saturated heterocycles. The molecule has 0 radical (unpaired) electrons. The zero-order valence-electron chi connectivity index (χ0n) is 3.42. The predicted molar refractivity (Wildman–Crippen MR) is 19.8 cm³/mol. The van der Waals surface area contributed by atoms with E-state index in [1.54, 1.807) is 0 Å². The third kappa shape index (κ3) is 133. The second-order valence-corrected chi connectivity index (χ2v) is 0.692. The van der Waals surface area contributed by atoms with Gasteiger partial charge < -0.3 is 7.43 Å². The average Bonchev–Trinajstić information content (AvgIpc) is 0.811. The van der Waals surface area contributed by atoms with Crippen LogP contribution in [0.5, 0.6) is 0 Å². The van der Waals surface area contributed by atoms with Gasteiger partial charge in [0.1, 0.15) is 0 Å².